The van der Waals surface area contributed by atoms with Gasteiger partial charge in [-0.25, -0.2) is 0 Å². The summed E-state index contributed by atoms with van der Waals surface area (Å²) in [5.74, 6) is 6.60. The molecule has 0 aliphatic heterocycles. The normalized spacial score (nSPS) is 13.9. The Hall–Kier alpha value is -1.31. The highest BCUT2D eigenvalue weighted by Crippen LogP contribution is 2.29. The van der Waals surface area contributed by atoms with Gasteiger partial charge in [-0.15, -0.1) is 11.3 Å². The second-order valence-corrected chi connectivity index (χ2v) is 5.52. The zero-order valence-corrected chi connectivity index (χ0v) is 11.3. The molecule has 4 heteroatoms. The molecular weight excluding hydrogens is 246 g/mol. The van der Waals surface area contributed by atoms with Crippen LogP contribution in [-0.4, -0.2) is 36.1 Å². The van der Waals surface area contributed by atoms with E-state index >= 15 is 0 Å². The second kappa shape index (κ2) is 6.03. The van der Waals surface area contributed by atoms with E-state index in [9.17, 15) is 4.79 Å². The van der Waals surface area contributed by atoms with Crippen molar-refractivity contribution >= 4 is 17.2 Å². The summed E-state index contributed by atoms with van der Waals surface area (Å²) in [6.07, 6.45) is 2.97. The lowest BCUT2D eigenvalue weighted by atomic mass is 10.2. The molecule has 1 saturated carbocycles. The first-order valence-corrected chi connectivity index (χ1v) is 7.02. The van der Waals surface area contributed by atoms with Crippen molar-refractivity contribution in [2.75, 3.05) is 20.2 Å². The van der Waals surface area contributed by atoms with Gasteiger partial charge in [0.2, 0.25) is 0 Å². The van der Waals surface area contributed by atoms with Crippen LogP contribution >= 0.6 is 11.3 Å². The summed E-state index contributed by atoms with van der Waals surface area (Å²) >= 11 is 1.48. The molecule has 18 heavy (non-hydrogen) atoms. The number of carbonyl (C=O) groups excluding carboxylic acids is 1. The SMILES string of the molecule is CN(CC1CC1)C(=O)c1csc(C#CCCO)c1. The van der Waals surface area contributed by atoms with Crippen LogP contribution in [0.2, 0.25) is 0 Å². The number of hydrogen-bond donors (Lipinski definition) is 1. The number of aliphatic hydroxyl groups excluding tert-OH is 1. The summed E-state index contributed by atoms with van der Waals surface area (Å²) in [5, 5.41) is 10.5. The molecule has 1 heterocycles. The van der Waals surface area contributed by atoms with Crippen LogP contribution in [-0.2, 0) is 0 Å². The fourth-order valence-electron chi connectivity index (χ4n) is 1.71. The molecular formula is C14H17NO2S. The number of thiophene rings is 1. The molecule has 96 valence electrons. The Labute approximate surface area is 111 Å². The average molecular weight is 263 g/mol. The molecule has 0 saturated heterocycles. The first kappa shape index (κ1) is 13.1. The zero-order valence-electron chi connectivity index (χ0n) is 10.5. The fraction of sp³-hybridized carbons (Fsp3) is 0.500. The molecule has 0 bridgehead atoms. The van der Waals surface area contributed by atoms with Crippen LogP contribution in [0.15, 0.2) is 11.4 Å². The van der Waals surface area contributed by atoms with Gasteiger partial charge in [-0.1, -0.05) is 11.8 Å². The fourth-order valence-corrected chi connectivity index (χ4v) is 2.46. The van der Waals surface area contributed by atoms with Crippen molar-refractivity contribution in [2.45, 2.75) is 19.3 Å². The zero-order chi connectivity index (χ0) is 13.0. The first-order chi connectivity index (χ1) is 8.70. The molecule has 1 amide bonds. The summed E-state index contributed by atoms with van der Waals surface area (Å²) in [5.41, 5.74) is 0.719. The van der Waals surface area contributed by atoms with Gasteiger partial charge in [-0.3, -0.25) is 4.79 Å². The Bertz CT molecular complexity index is 479. The number of aliphatic hydroxyl groups is 1. The third-order valence-electron chi connectivity index (χ3n) is 2.87. The largest absolute Gasteiger partial charge is 0.395 e. The van der Waals surface area contributed by atoms with Crippen molar-refractivity contribution < 1.29 is 9.90 Å². The summed E-state index contributed by atoms with van der Waals surface area (Å²) in [6, 6.07) is 1.83. The van der Waals surface area contributed by atoms with Crippen molar-refractivity contribution in [3.63, 3.8) is 0 Å². The quantitative estimate of drug-likeness (QED) is 0.844. The minimum atomic E-state index is 0.0772. The number of amides is 1. The second-order valence-electron chi connectivity index (χ2n) is 4.60. The summed E-state index contributed by atoms with van der Waals surface area (Å²) in [4.78, 5) is 14.8. The van der Waals surface area contributed by atoms with E-state index in [2.05, 4.69) is 11.8 Å². The highest BCUT2D eigenvalue weighted by Gasteiger charge is 2.25. The van der Waals surface area contributed by atoms with Crippen molar-refractivity contribution in [2.24, 2.45) is 5.92 Å². The smallest absolute Gasteiger partial charge is 0.254 e. The lowest BCUT2D eigenvalue weighted by Crippen LogP contribution is -2.28. The Morgan fingerprint density at radius 1 is 1.61 bits per heavy atom. The average Bonchev–Trinajstić information content (AvgIpc) is 3.05. The maximum absolute atomic E-state index is 12.1. The van der Waals surface area contributed by atoms with E-state index in [0.717, 1.165) is 17.0 Å². The summed E-state index contributed by atoms with van der Waals surface area (Å²) in [7, 11) is 1.86. The molecule has 0 radical (unpaired) electrons. The van der Waals surface area contributed by atoms with Crippen molar-refractivity contribution in [1.82, 2.24) is 4.90 Å². The van der Waals surface area contributed by atoms with E-state index in [1.54, 1.807) is 4.90 Å². The molecule has 1 N–H and O–H groups in total. The van der Waals surface area contributed by atoms with E-state index in [1.807, 2.05) is 18.5 Å². The molecule has 0 spiro atoms. The van der Waals surface area contributed by atoms with Crippen LogP contribution in [0, 0.1) is 17.8 Å². The number of carbonyl (C=O) groups is 1. The lowest BCUT2D eigenvalue weighted by molar-refractivity contribution is 0.0789. The highest BCUT2D eigenvalue weighted by atomic mass is 32.1. The van der Waals surface area contributed by atoms with Gasteiger partial charge in [0.05, 0.1) is 17.0 Å². The Balaban J connectivity index is 1.96. The van der Waals surface area contributed by atoms with Crippen molar-refractivity contribution in [3.05, 3.63) is 21.9 Å². The summed E-state index contributed by atoms with van der Waals surface area (Å²) < 4.78 is 0. The van der Waals surface area contributed by atoms with Crippen LogP contribution in [0.5, 0.6) is 0 Å². The third-order valence-corrected chi connectivity index (χ3v) is 3.72. The lowest BCUT2D eigenvalue weighted by Gasteiger charge is -2.15. The number of rotatable bonds is 4. The molecule has 0 unspecified atom stereocenters. The minimum absolute atomic E-state index is 0.0772. The van der Waals surface area contributed by atoms with Crippen LogP contribution < -0.4 is 0 Å². The Morgan fingerprint density at radius 3 is 3.06 bits per heavy atom. The molecule has 0 aromatic carbocycles. The van der Waals surface area contributed by atoms with E-state index < -0.39 is 0 Å². The Morgan fingerprint density at radius 2 is 2.39 bits per heavy atom. The van der Waals surface area contributed by atoms with Crippen LogP contribution in [0.1, 0.15) is 34.5 Å². The summed E-state index contributed by atoms with van der Waals surface area (Å²) in [6.45, 7) is 0.939. The van der Waals surface area contributed by atoms with Gasteiger partial charge < -0.3 is 10.0 Å². The van der Waals surface area contributed by atoms with Gasteiger partial charge >= 0.3 is 0 Å². The highest BCUT2D eigenvalue weighted by molar-refractivity contribution is 7.10. The molecule has 1 aromatic heterocycles. The first-order valence-electron chi connectivity index (χ1n) is 6.14. The van der Waals surface area contributed by atoms with Gasteiger partial charge in [0, 0.05) is 25.4 Å². The van der Waals surface area contributed by atoms with Gasteiger partial charge in [0.15, 0.2) is 0 Å². The molecule has 2 rings (SSSR count). The van der Waals surface area contributed by atoms with Crippen LogP contribution in [0.25, 0.3) is 0 Å². The maximum Gasteiger partial charge on any atom is 0.254 e. The predicted molar refractivity (Wildman–Crippen MR) is 72.6 cm³/mol. The Kier molecular flexibility index (Phi) is 4.40. The minimum Gasteiger partial charge on any atom is -0.395 e. The molecule has 1 aliphatic rings. The van der Waals surface area contributed by atoms with E-state index in [0.29, 0.717) is 12.3 Å². The van der Waals surface area contributed by atoms with Crippen molar-refractivity contribution in [1.29, 1.82) is 0 Å². The van der Waals surface area contributed by atoms with Gasteiger partial charge in [0.1, 0.15) is 0 Å². The molecule has 1 fully saturated rings. The number of nitrogens with zero attached hydrogens (tertiary/aromatic N) is 1. The van der Waals surface area contributed by atoms with Gasteiger partial charge in [-0.2, -0.15) is 0 Å². The molecule has 0 atom stereocenters. The van der Waals surface area contributed by atoms with Gasteiger partial charge in [0.25, 0.3) is 5.91 Å². The van der Waals surface area contributed by atoms with E-state index in [-0.39, 0.29) is 12.5 Å². The molecule has 1 aromatic rings. The third kappa shape index (κ3) is 3.59. The van der Waals surface area contributed by atoms with E-state index in [1.165, 1.54) is 24.2 Å². The molecule has 1 aliphatic carbocycles. The topological polar surface area (TPSA) is 40.5 Å². The number of hydrogen-bond acceptors (Lipinski definition) is 3. The van der Waals surface area contributed by atoms with E-state index in [4.69, 9.17) is 5.11 Å². The van der Waals surface area contributed by atoms with Gasteiger partial charge in [-0.05, 0) is 24.8 Å². The predicted octanol–water partition coefficient (Wildman–Crippen LogP) is 1.96. The standard InChI is InChI=1S/C14H17NO2S/c1-15(9-11-5-6-11)14(17)12-8-13(18-10-12)4-2-3-7-16/h8,10-11,16H,3,5-7,9H2,1H3. The van der Waals surface area contributed by atoms with Crippen molar-refractivity contribution in [3.8, 4) is 11.8 Å². The maximum atomic E-state index is 12.1. The van der Waals surface area contributed by atoms with Crippen LogP contribution in [0.3, 0.4) is 0 Å². The van der Waals surface area contributed by atoms with Crippen LogP contribution in [0.4, 0.5) is 0 Å². The monoisotopic (exact) mass is 263 g/mol. The molecule has 3 nitrogen and oxygen atoms in total.